The lowest BCUT2D eigenvalue weighted by Gasteiger charge is -2.08. The minimum atomic E-state index is -0.0574. The van der Waals surface area contributed by atoms with Gasteiger partial charge in [-0.2, -0.15) is 0 Å². The molecule has 0 saturated carbocycles. The number of esters is 1. The summed E-state index contributed by atoms with van der Waals surface area (Å²) >= 11 is 0. The monoisotopic (exact) mass is 406 g/mol. The number of carbonyl (C=O) groups is 1. The van der Waals surface area contributed by atoms with Crippen LogP contribution in [0.3, 0.4) is 0 Å². The van der Waals surface area contributed by atoms with Crippen LogP contribution >= 0.6 is 0 Å². The third-order valence-corrected chi connectivity index (χ3v) is 6.69. The molecule has 1 rings (SSSR count). The molecule has 1 aliphatic rings. The average molecular weight is 407 g/mol. The molecule has 0 spiro atoms. The van der Waals surface area contributed by atoms with Crippen LogP contribution in [0.15, 0.2) is 11.1 Å². The molecular formula is C27H50O2. The molecule has 29 heavy (non-hydrogen) atoms. The average Bonchev–Trinajstić information content (AvgIpc) is 3.50. The van der Waals surface area contributed by atoms with Crippen molar-refractivity contribution in [3.05, 3.63) is 11.1 Å². The second kappa shape index (κ2) is 18.0. The minimum absolute atomic E-state index is 0.0574. The maximum atomic E-state index is 11.5. The Balaban J connectivity index is 1.84. The van der Waals surface area contributed by atoms with Gasteiger partial charge in [0.1, 0.15) is 0 Å². The van der Waals surface area contributed by atoms with Crippen molar-refractivity contribution in [1.82, 2.24) is 0 Å². The Hall–Kier alpha value is -0.790. The van der Waals surface area contributed by atoms with E-state index >= 15 is 0 Å². The van der Waals surface area contributed by atoms with Gasteiger partial charge in [0, 0.05) is 0 Å². The zero-order valence-corrected chi connectivity index (χ0v) is 20.0. The number of carbonyl (C=O) groups excluding carboxylic acids is 1. The summed E-state index contributed by atoms with van der Waals surface area (Å²) in [7, 11) is 1.49. The van der Waals surface area contributed by atoms with Crippen molar-refractivity contribution >= 4 is 5.97 Å². The van der Waals surface area contributed by atoms with E-state index in [4.69, 9.17) is 4.74 Å². The largest absolute Gasteiger partial charge is 0.469 e. The smallest absolute Gasteiger partial charge is 0.306 e. The minimum Gasteiger partial charge on any atom is -0.469 e. The van der Waals surface area contributed by atoms with Crippen LogP contribution in [0.5, 0.6) is 0 Å². The topological polar surface area (TPSA) is 26.3 Å². The lowest BCUT2D eigenvalue weighted by molar-refractivity contribution is -0.141. The number of unbranched alkanes of at least 4 members (excludes halogenated alkanes) is 15. The van der Waals surface area contributed by atoms with Crippen molar-refractivity contribution in [3.8, 4) is 0 Å². The van der Waals surface area contributed by atoms with Gasteiger partial charge in [-0.1, -0.05) is 121 Å². The molecule has 2 nitrogen and oxygen atoms in total. The Morgan fingerprint density at radius 2 is 1.21 bits per heavy atom. The van der Waals surface area contributed by atoms with Crippen LogP contribution in [-0.4, -0.2) is 13.1 Å². The maximum absolute atomic E-state index is 11.5. The molecule has 1 atom stereocenters. The highest BCUT2D eigenvalue weighted by Gasteiger charge is 2.29. The third kappa shape index (κ3) is 13.9. The highest BCUT2D eigenvalue weighted by Crippen LogP contribution is 2.43. The van der Waals surface area contributed by atoms with E-state index in [-0.39, 0.29) is 5.97 Å². The van der Waals surface area contributed by atoms with E-state index < -0.39 is 0 Å². The number of hydrogen-bond donors (Lipinski definition) is 0. The fourth-order valence-corrected chi connectivity index (χ4v) is 4.55. The van der Waals surface area contributed by atoms with Crippen molar-refractivity contribution in [2.45, 2.75) is 142 Å². The van der Waals surface area contributed by atoms with Gasteiger partial charge >= 0.3 is 5.97 Å². The first-order chi connectivity index (χ1) is 14.2. The maximum Gasteiger partial charge on any atom is 0.306 e. The molecule has 0 amide bonds. The van der Waals surface area contributed by atoms with Gasteiger partial charge in [0.2, 0.25) is 0 Å². The predicted molar refractivity (Wildman–Crippen MR) is 126 cm³/mol. The summed E-state index contributed by atoms with van der Waals surface area (Å²) in [4.78, 5) is 11.5. The number of allylic oxidation sites excluding steroid dienone is 2. The number of rotatable bonds is 21. The SMILES string of the molecule is CCCCCCCCCCCCCCCCCCC1=C(C(CC)CC(=O)OC)C1. The lowest BCUT2D eigenvalue weighted by atomic mass is 9.99. The van der Waals surface area contributed by atoms with Gasteiger partial charge in [-0.15, -0.1) is 0 Å². The summed E-state index contributed by atoms with van der Waals surface area (Å²) < 4.78 is 4.83. The van der Waals surface area contributed by atoms with Gasteiger partial charge in [0.15, 0.2) is 0 Å². The van der Waals surface area contributed by atoms with Crippen molar-refractivity contribution in [1.29, 1.82) is 0 Å². The van der Waals surface area contributed by atoms with Crippen molar-refractivity contribution in [2.75, 3.05) is 7.11 Å². The van der Waals surface area contributed by atoms with E-state index in [1.54, 1.807) is 11.1 Å². The fourth-order valence-electron chi connectivity index (χ4n) is 4.55. The first-order valence-corrected chi connectivity index (χ1v) is 13.0. The molecule has 0 aliphatic heterocycles. The van der Waals surface area contributed by atoms with Gasteiger partial charge in [0.05, 0.1) is 13.5 Å². The number of ether oxygens (including phenoxy) is 1. The number of methoxy groups -OCH3 is 1. The summed E-state index contributed by atoms with van der Waals surface area (Å²) in [6, 6.07) is 0. The zero-order valence-electron chi connectivity index (χ0n) is 20.0. The molecule has 0 saturated heterocycles. The molecule has 0 heterocycles. The molecule has 170 valence electrons. The predicted octanol–water partition coefficient (Wildman–Crippen LogP) is 8.93. The normalized spacial score (nSPS) is 14.3. The molecule has 0 aromatic rings. The van der Waals surface area contributed by atoms with Crippen LogP contribution in [0, 0.1) is 5.92 Å². The molecule has 1 unspecified atom stereocenters. The molecule has 1 aliphatic carbocycles. The molecule has 2 heteroatoms. The summed E-state index contributed by atoms with van der Waals surface area (Å²) in [6.07, 6.45) is 26.9. The highest BCUT2D eigenvalue weighted by atomic mass is 16.5. The van der Waals surface area contributed by atoms with E-state index in [9.17, 15) is 4.79 Å². The Bertz CT molecular complexity index is 438. The van der Waals surface area contributed by atoms with Crippen molar-refractivity contribution < 1.29 is 9.53 Å². The fraction of sp³-hybridized carbons (Fsp3) is 0.889. The van der Waals surface area contributed by atoms with Crippen LogP contribution in [0.25, 0.3) is 0 Å². The molecule has 0 bridgehead atoms. The second-order valence-corrected chi connectivity index (χ2v) is 9.24. The Kier molecular flexibility index (Phi) is 16.3. The van der Waals surface area contributed by atoms with Gasteiger partial charge in [-0.05, 0) is 31.6 Å². The van der Waals surface area contributed by atoms with Crippen LogP contribution in [-0.2, 0) is 9.53 Å². The second-order valence-electron chi connectivity index (χ2n) is 9.24. The molecule has 0 aromatic heterocycles. The molecule has 0 aromatic carbocycles. The van der Waals surface area contributed by atoms with Crippen LogP contribution in [0.1, 0.15) is 142 Å². The first-order valence-electron chi connectivity index (χ1n) is 13.0. The van der Waals surface area contributed by atoms with Gasteiger partial charge in [-0.25, -0.2) is 0 Å². The van der Waals surface area contributed by atoms with Crippen molar-refractivity contribution in [2.24, 2.45) is 5.92 Å². The van der Waals surface area contributed by atoms with E-state index in [1.807, 2.05) is 0 Å². The molecule has 0 N–H and O–H groups in total. The van der Waals surface area contributed by atoms with Crippen LogP contribution in [0.4, 0.5) is 0 Å². The Morgan fingerprint density at radius 3 is 1.62 bits per heavy atom. The zero-order chi connectivity index (χ0) is 21.2. The van der Waals surface area contributed by atoms with Gasteiger partial charge in [-0.3, -0.25) is 4.79 Å². The summed E-state index contributed by atoms with van der Waals surface area (Å²) in [5.41, 5.74) is 3.21. The highest BCUT2D eigenvalue weighted by molar-refractivity contribution is 5.70. The van der Waals surface area contributed by atoms with E-state index in [2.05, 4.69) is 13.8 Å². The lowest BCUT2D eigenvalue weighted by Crippen LogP contribution is -2.08. The van der Waals surface area contributed by atoms with Gasteiger partial charge in [0.25, 0.3) is 0 Å². The summed E-state index contributed by atoms with van der Waals surface area (Å²) in [5.74, 6) is 0.386. The molecular weight excluding hydrogens is 356 g/mol. The molecule has 0 fully saturated rings. The van der Waals surface area contributed by atoms with Gasteiger partial charge < -0.3 is 4.74 Å². The van der Waals surface area contributed by atoms with Crippen LogP contribution in [0.2, 0.25) is 0 Å². The standard InChI is InChI=1S/C27H50O2/c1-4-6-7-8-9-10-11-12-13-14-15-16-17-18-19-20-21-25-22-26(25)24(5-2)23-27(28)29-3/h24H,4-23H2,1-3H3. The van der Waals surface area contributed by atoms with Crippen molar-refractivity contribution in [3.63, 3.8) is 0 Å². The number of hydrogen-bond acceptors (Lipinski definition) is 2. The Morgan fingerprint density at radius 1 is 0.759 bits per heavy atom. The van der Waals surface area contributed by atoms with E-state index in [0.717, 1.165) is 6.42 Å². The molecule has 0 radical (unpaired) electrons. The third-order valence-electron chi connectivity index (χ3n) is 6.69. The summed E-state index contributed by atoms with van der Waals surface area (Å²) in [5, 5.41) is 0. The Labute approximate surface area is 182 Å². The summed E-state index contributed by atoms with van der Waals surface area (Å²) in [6.45, 7) is 4.48. The quantitative estimate of drug-likeness (QED) is 0.108. The van der Waals surface area contributed by atoms with Crippen LogP contribution < -0.4 is 0 Å². The van der Waals surface area contributed by atoms with E-state index in [0.29, 0.717) is 12.3 Å². The van der Waals surface area contributed by atoms with E-state index in [1.165, 1.54) is 123 Å². The first kappa shape index (κ1) is 26.2.